The van der Waals surface area contributed by atoms with Gasteiger partial charge in [-0.3, -0.25) is 15.0 Å². The molecule has 2 aromatic carbocycles. The van der Waals surface area contributed by atoms with Crippen molar-refractivity contribution in [1.29, 1.82) is 0 Å². The Hall–Kier alpha value is -2.45. The van der Waals surface area contributed by atoms with Gasteiger partial charge in [0.2, 0.25) is 0 Å². The number of non-ortho nitro benzene ring substituents is 1. The van der Waals surface area contributed by atoms with E-state index in [0.29, 0.717) is 0 Å². The fourth-order valence-electron chi connectivity index (χ4n) is 1.84. The van der Waals surface area contributed by atoms with Gasteiger partial charge in [0.15, 0.2) is 0 Å². The molecule has 0 aliphatic heterocycles. The highest BCUT2D eigenvalue weighted by Gasteiger charge is 2.25. The number of hydrogen-bond donors (Lipinski definition) is 0. The number of sulfonamides is 1. The number of rotatable bonds is 5. The molecule has 2 aromatic rings. The average molecular weight is 322 g/mol. The smallest absolute Gasteiger partial charge is 0.262 e. The molecule has 2 rings (SSSR count). The van der Waals surface area contributed by atoms with Crippen LogP contribution in [0.5, 0.6) is 0 Å². The van der Waals surface area contributed by atoms with Crippen LogP contribution in [0.1, 0.15) is 5.56 Å². The van der Waals surface area contributed by atoms with Gasteiger partial charge in [-0.05, 0) is 31.2 Å². The molecule has 0 atom stereocenters. The van der Waals surface area contributed by atoms with Gasteiger partial charge in [-0.25, -0.2) is 0 Å². The third-order valence-electron chi connectivity index (χ3n) is 2.97. The zero-order valence-electron chi connectivity index (χ0n) is 12.0. The van der Waals surface area contributed by atoms with Crippen molar-refractivity contribution in [3.63, 3.8) is 0 Å². The van der Waals surface area contributed by atoms with Crippen molar-refractivity contribution in [1.82, 2.24) is 0 Å². The van der Waals surface area contributed by atoms with E-state index in [9.17, 15) is 18.5 Å². The van der Waals surface area contributed by atoms with Crippen LogP contribution in [0.3, 0.4) is 0 Å². The Morgan fingerprint density at radius 1 is 1.05 bits per heavy atom. The molecule has 0 aliphatic rings. The lowest BCUT2D eigenvalue weighted by molar-refractivity contribution is -0.384. The quantitative estimate of drug-likeness (QED) is 0.623. The van der Waals surface area contributed by atoms with Crippen LogP contribution in [0, 0.1) is 17.0 Å². The standard InChI is InChI=1S/C14H14N2O5S/c1-11-3-9-14(10-4-11)22(19,20)16(21-2)13-7-5-12(6-8-13)15(17)18/h3-10H,1-2H3. The minimum atomic E-state index is -3.91. The van der Waals surface area contributed by atoms with Crippen molar-refractivity contribution >= 4 is 21.4 Å². The van der Waals surface area contributed by atoms with E-state index in [1.807, 2.05) is 6.92 Å². The van der Waals surface area contributed by atoms with Gasteiger partial charge in [0, 0.05) is 12.1 Å². The Morgan fingerprint density at radius 2 is 1.59 bits per heavy atom. The van der Waals surface area contributed by atoms with Gasteiger partial charge >= 0.3 is 0 Å². The van der Waals surface area contributed by atoms with Crippen molar-refractivity contribution in [2.45, 2.75) is 11.8 Å². The monoisotopic (exact) mass is 322 g/mol. The lowest BCUT2D eigenvalue weighted by atomic mass is 10.2. The lowest BCUT2D eigenvalue weighted by Crippen LogP contribution is -2.29. The van der Waals surface area contributed by atoms with Crippen molar-refractivity contribution in [2.24, 2.45) is 0 Å². The molecule has 0 radical (unpaired) electrons. The van der Waals surface area contributed by atoms with E-state index < -0.39 is 14.9 Å². The van der Waals surface area contributed by atoms with E-state index in [1.165, 1.54) is 43.5 Å². The van der Waals surface area contributed by atoms with E-state index in [1.54, 1.807) is 12.1 Å². The molecular formula is C14H14N2O5S. The normalized spacial score (nSPS) is 11.2. The van der Waals surface area contributed by atoms with Crippen LogP contribution in [-0.4, -0.2) is 20.5 Å². The topological polar surface area (TPSA) is 89.8 Å². The molecule has 7 nitrogen and oxygen atoms in total. The molecule has 8 heteroatoms. The van der Waals surface area contributed by atoms with E-state index in [4.69, 9.17) is 4.84 Å². The Bertz CT molecular complexity index is 770. The highest BCUT2D eigenvalue weighted by atomic mass is 32.2. The molecule has 0 unspecified atom stereocenters. The lowest BCUT2D eigenvalue weighted by Gasteiger charge is -2.21. The number of hydrogen-bond acceptors (Lipinski definition) is 5. The van der Waals surface area contributed by atoms with Gasteiger partial charge in [-0.15, -0.1) is 4.47 Å². The third-order valence-corrected chi connectivity index (χ3v) is 4.64. The van der Waals surface area contributed by atoms with Gasteiger partial charge in [0.25, 0.3) is 15.7 Å². The second kappa shape index (κ2) is 6.12. The average Bonchev–Trinajstić information content (AvgIpc) is 2.48. The zero-order valence-corrected chi connectivity index (χ0v) is 12.8. The number of aryl methyl sites for hydroxylation is 1. The Balaban J connectivity index is 2.42. The summed E-state index contributed by atoms with van der Waals surface area (Å²) in [4.78, 5) is 15.1. The fourth-order valence-corrected chi connectivity index (χ4v) is 3.11. The highest BCUT2D eigenvalue weighted by Crippen LogP contribution is 2.25. The number of nitro groups is 1. The summed E-state index contributed by atoms with van der Waals surface area (Å²) in [6.07, 6.45) is 0. The second-order valence-corrected chi connectivity index (χ2v) is 6.25. The van der Waals surface area contributed by atoms with Gasteiger partial charge < -0.3 is 0 Å². The van der Waals surface area contributed by atoms with Crippen molar-refractivity contribution in [3.05, 3.63) is 64.2 Å². The van der Waals surface area contributed by atoms with Gasteiger partial charge in [0.05, 0.1) is 22.6 Å². The first-order chi connectivity index (χ1) is 10.4. The van der Waals surface area contributed by atoms with Crippen LogP contribution >= 0.6 is 0 Å². The first kappa shape index (κ1) is 15.9. The third kappa shape index (κ3) is 3.07. The van der Waals surface area contributed by atoms with Crippen LogP contribution < -0.4 is 4.47 Å². The molecular weight excluding hydrogens is 308 g/mol. The summed E-state index contributed by atoms with van der Waals surface area (Å²) in [6, 6.07) is 11.4. The van der Waals surface area contributed by atoms with E-state index >= 15 is 0 Å². The molecule has 0 amide bonds. The molecule has 0 N–H and O–H groups in total. The fraction of sp³-hybridized carbons (Fsp3) is 0.143. The second-order valence-electron chi connectivity index (χ2n) is 4.50. The van der Waals surface area contributed by atoms with E-state index in [-0.39, 0.29) is 16.3 Å². The molecule has 0 aromatic heterocycles. The minimum absolute atomic E-state index is 0.0679. The minimum Gasteiger partial charge on any atom is -0.262 e. The number of anilines is 1. The van der Waals surface area contributed by atoms with E-state index in [0.717, 1.165) is 10.0 Å². The van der Waals surface area contributed by atoms with Crippen LogP contribution in [0.25, 0.3) is 0 Å². The van der Waals surface area contributed by atoms with Crippen molar-refractivity contribution in [2.75, 3.05) is 11.6 Å². The molecule has 0 aliphatic carbocycles. The highest BCUT2D eigenvalue weighted by molar-refractivity contribution is 7.92. The summed E-state index contributed by atoms with van der Waals surface area (Å²) in [5.41, 5.74) is 0.972. The van der Waals surface area contributed by atoms with Gasteiger partial charge in [0.1, 0.15) is 0 Å². The number of nitro benzene ring substituents is 1. The van der Waals surface area contributed by atoms with Crippen molar-refractivity contribution < 1.29 is 18.2 Å². The molecule has 0 heterocycles. The molecule has 0 fully saturated rings. The molecule has 116 valence electrons. The van der Waals surface area contributed by atoms with Crippen LogP contribution in [0.4, 0.5) is 11.4 Å². The first-order valence-corrected chi connectivity index (χ1v) is 7.71. The molecule has 0 saturated carbocycles. The molecule has 0 bridgehead atoms. The van der Waals surface area contributed by atoms with Crippen molar-refractivity contribution in [3.8, 4) is 0 Å². The largest absolute Gasteiger partial charge is 0.286 e. The van der Waals surface area contributed by atoms with Gasteiger partial charge in [-0.1, -0.05) is 17.7 Å². The predicted molar refractivity (Wildman–Crippen MR) is 80.9 cm³/mol. The summed E-state index contributed by atoms with van der Waals surface area (Å²) < 4.78 is 25.8. The molecule has 0 spiro atoms. The molecule has 0 saturated heterocycles. The summed E-state index contributed by atoms with van der Waals surface area (Å²) in [6.45, 7) is 1.85. The SMILES string of the molecule is CON(c1ccc([N+](=O)[O-])cc1)S(=O)(=O)c1ccc(C)cc1. The van der Waals surface area contributed by atoms with Gasteiger partial charge in [-0.2, -0.15) is 8.42 Å². The summed E-state index contributed by atoms with van der Waals surface area (Å²) in [7, 11) is -2.70. The maximum atomic E-state index is 12.6. The van der Waals surface area contributed by atoms with Crippen LogP contribution in [0.15, 0.2) is 53.4 Å². The maximum absolute atomic E-state index is 12.6. The van der Waals surface area contributed by atoms with E-state index in [2.05, 4.69) is 0 Å². The predicted octanol–water partition coefficient (Wildman–Crippen LogP) is 2.66. The maximum Gasteiger partial charge on any atom is 0.286 e. The summed E-state index contributed by atoms with van der Waals surface area (Å²) in [5, 5.41) is 10.6. The first-order valence-electron chi connectivity index (χ1n) is 6.27. The number of benzene rings is 2. The Morgan fingerprint density at radius 3 is 2.05 bits per heavy atom. The molecule has 22 heavy (non-hydrogen) atoms. The van der Waals surface area contributed by atoms with Crippen LogP contribution in [-0.2, 0) is 14.9 Å². The summed E-state index contributed by atoms with van der Waals surface area (Å²) >= 11 is 0. The zero-order chi connectivity index (χ0) is 16.3. The Kier molecular flexibility index (Phi) is 4.43. The summed E-state index contributed by atoms with van der Waals surface area (Å²) in [5.74, 6) is 0. The van der Waals surface area contributed by atoms with Crippen LogP contribution in [0.2, 0.25) is 0 Å². The Labute approximate surface area is 127 Å². The number of nitrogens with zero attached hydrogens (tertiary/aromatic N) is 2.